The zero-order chi connectivity index (χ0) is 15.6. The van der Waals surface area contributed by atoms with Crippen molar-refractivity contribution in [3.8, 4) is 5.75 Å². The molecule has 2 rings (SSSR count). The lowest BCUT2D eigenvalue weighted by molar-refractivity contribution is 0.0582. The summed E-state index contributed by atoms with van der Waals surface area (Å²) in [6.07, 6.45) is 4.17. The molecule has 1 saturated carbocycles. The van der Waals surface area contributed by atoms with Crippen LogP contribution in [0, 0.1) is 5.41 Å². The number of esters is 1. The van der Waals surface area contributed by atoms with Crippen LogP contribution in [0.4, 0.5) is 5.69 Å². The van der Waals surface area contributed by atoms with Crippen LogP contribution >= 0.6 is 11.6 Å². The van der Waals surface area contributed by atoms with E-state index in [-0.39, 0.29) is 11.7 Å². The molecule has 116 valence electrons. The van der Waals surface area contributed by atoms with E-state index in [0.717, 1.165) is 25.7 Å². The fraction of sp³-hybridized carbons (Fsp3) is 0.562. The summed E-state index contributed by atoms with van der Waals surface area (Å²) in [7, 11) is 1.33. The van der Waals surface area contributed by atoms with Crippen LogP contribution in [0.3, 0.4) is 0 Å². The number of nitrogens with two attached hydrogens (primary N) is 1. The molecule has 1 aromatic rings. The molecule has 1 aliphatic carbocycles. The van der Waals surface area contributed by atoms with Crippen molar-refractivity contribution in [2.75, 3.05) is 12.8 Å². The maximum absolute atomic E-state index is 11.9. The molecule has 0 aliphatic heterocycles. The van der Waals surface area contributed by atoms with Gasteiger partial charge in [0.15, 0.2) is 5.75 Å². The molecule has 4 nitrogen and oxygen atoms in total. The maximum Gasteiger partial charge on any atom is 0.341 e. The summed E-state index contributed by atoms with van der Waals surface area (Å²) in [6.45, 7) is 4.53. The Kier molecular flexibility index (Phi) is 4.67. The number of carbonyl (C=O) groups excluding carboxylic acids is 1. The minimum atomic E-state index is -0.490. The third-order valence-electron chi connectivity index (χ3n) is 4.04. The van der Waals surface area contributed by atoms with Crippen LogP contribution < -0.4 is 10.5 Å². The second kappa shape index (κ2) is 6.14. The van der Waals surface area contributed by atoms with Crippen molar-refractivity contribution in [3.63, 3.8) is 0 Å². The summed E-state index contributed by atoms with van der Waals surface area (Å²) in [5, 5.41) is 0.347. The Labute approximate surface area is 130 Å². The summed E-state index contributed by atoms with van der Waals surface area (Å²) in [6, 6.07) is 3.13. The zero-order valence-corrected chi connectivity index (χ0v) is 13.5. The predicted octanol–water partition coefficient (Wildman–Crippen LogP) is 4.06. The van der Waals surface area contributed by atoms with E-state index in [4.69, 9.17) is 26.8 Å². The highest BCUT2D eigenvalue weighted by atomic mass is 35.5. The van der Waals surface area contributed by atoms with Crippen molar-refractivity contribution in [1.82, 2.24) is 0 Å². The number of benzene rings is 1. The van der Waals surface area contributed by atoms with Crippen molar-refractivity contribution in [3.05, 3.63) is 22.7 Å². The maximum atomic E-state index is 11.9. The Bertz CT molecular complexity index is 533. The highest BCUT2D eigenvalue weighted by molar-refractivity contribution is 6.33. The summed E-state index contributed by atoms with van der Waals surface area (Å²) in [5.41, 5.74) is 6.80. The summed E-state index contributed by atoms with van der Waals surface area (Å²) in [4.78, 5) is 11.9. The van der Waals surface area contributed by atoms with Gasteiger partial charge in [-0.3, -0.25) is 0 Å². The summed E-state index contributed by atoms with van der Waals surface area (Å²) < 4.78 is 10.8. The lowest BCUT2D eigenvalue weighted by Gasteiger charge is -2.34. The van der Waals surface area contributed by atoms with E-state index in [1.54, 1.807) is 12.1 Å². The lowest BCUT2D eigenvalue weighted by atomic mass is 9.76. The van der Waals surface area contributed by atoms with Crippen LogP contribution in [0.5, 0.6) is 5.75 Å². The van der Waals surface area contributed by atoms with Gasteiger partial charge in [-0.1, -0.05) is 25.4 Å². The Morgan fingerprint density at radius 1 is 1.33 bits per heavy atom. The lowest BCUT2D eigenvalue weighted by Crippen LogP contribution is -2.29. The van der Waals surface area contributed by atoms with E-state index >= 15 is 0 Å². The van der Waals surface area contributed by atoms with Gasteiger partial charge in [-0.05, 0) is 43.2 Å². The molecule has 21 heavy (non-hydrogen) atoms. The van der Waals surface area contributed by atoms with Gasteiger partial charge in [-0.2, -0.15) is 0 Å². The smallest absolute Gasteiger partial charge is 0.341 e. The number of hydrogen-bond acceptors (Lipinski definition) is 4. The van der Waals surface area contributed by atoms with Crippen LogP contribution in [0.25, 0.3) is 0 Å². The molecule has 0 aromatic heterocycles. The van der Waals surface area contributed by atoms with Crippen LogP contribution in [-0.4, -0.2) is 19.2 Å². The van der Waals surface area contributed by atoms with E-state index in [1.165, 1.54) is 7.11 Å². The zero-order valence-electron chi connectivity index (χ0n) is 12.7. The molecule has 0 bridgehead atoms. The standard InChI is InChI=1S/C16H22ClNO3/c1-16(2)6-4-11(5-7-16)21-14-12(15(19)20-3)8-10(18)9-13(14)17/h8-9,11H,4-7,18H2,1-3H3. The van der Waals surface area contributed by atoms with E-state index in [2.05, 4.69) is 13.8 Å². The Morgan fingerprint density at radius 3 is 2.52 bits per heavy atom. The number of methoxy groups -OCH3 is 1. The number of anilines is 1. The average molecular weight is 312 g/mol. The molecular weight excluding hydrogens is 290 g/mol. The molecule has 5 heteroatoms. The molecular formula is C16H22ClNO3. The normalized spacial score (nSPS) is 18.3. The monoisotopic (exact) mass is 311 g/mol. The first-order valence-corrected chi connectivity index (χ1v) is 7.54. The van der Waals surface area contributed by atoms with Gasteiger partial charge in [-0.15, -0.1) is 0 Å². The first kappa shape index (κ1) is 16.0. The topological polar surface area (TPSA) is 61.5 Å². The van der Waals surface area contributed by atoms with Gasteiger partial charge in [0.1, 0.15) is 5.56 Å². The predicted molar refractivity (Wildman–Crippen MR) is 83.9 cm³/mol. The number of nitrogen functional groups attached to an aromatic ring is 1. The van der Waals surface area contributed by atoms with Crippen LogP contribution in [0.15, 0.2) is 12.1 Å². The van der Waals surface area contributed by atoms with Crippen LogP contribution in [0.2, 0.25) is 5.02 Å². The number of ether oxygens (including phenoxy) is 2. The van der Waals surface area contributed by atoms with Gasteiger partial charge in [0, 0.05) is 5.69 Å². The largest absolute Gasteiger partial charge is 0.488 e. The Balaban J connectivity index is 2.21. The molecule has 1 fully saturated rings. The van der Waals surface area contributed by atoms with Gasteiger partial charge in [0.05, 0.1) is 18.2 Å². The molecule has 0 atom stereocenters. The highest BCUT2D eigenvalue weighted by Gasteiger charge is 2.29. The number of carbonyl (C=O) groups is 1. The second-order valence-electron chi connectivity index (χ2n) is 6.35. The highest BCUT2D eigenvalue weighted by Crippen LogP contribution is 2.39. The third kappa shape index (κ3) is 3.82. The van der Waals surface area contributed by atoms with Crippen molar-refractivity contribution in [2.24, 2.45) is 5.41 Å². The summed E-state index contributed by atoms with van der Waals surface area (Å²) in [5.74, 6) is -0.113. The van der Waals surface area contributed by atoms with Crippen molar-refractivity contribution >= 4 is 23.3 Å². The van der Waals surface area contributed by atoms with Crippen molar-refractivity contribution in [2.45, 2.75) is 45.6 Å². The minimum Gasteiger partial charge on any atom is -0.488 e. The Morgan fingerprint density at radius 2 is 1.95 bits per heavy atom. The summed E-state index contributed by atoms with van der Waals surface area (Å²) >= 11 is 6.20. The SMILES string of the molecule is COC(=O)c1cc(N)cc(Cl)c1OC1CCC(C)(C)CC1. The molecule has 0 radical (unpaired) electrons. The van der Waals surface area contributed by atoms with Crippen LogP contribution in [0.1, 0.15) is 49.9 Å². The number of hydrogen-bond donors (Lipinski definition) is 1. The van der Waals surface area contributed by atoms with Gasteiger partial charge in [0.25, 0.3) is 0 Å². The fourth-order valence-electron chi connectivity index (χ4n) is 2.65. The minimum absolute atomic E-state index is 0.0718. The van der Waals surface area contributed by atoms with Crippen molar-refractivity contribution in [1.29, 1.82) is 0 Å². The molecule has 1 aliphatic rings. The first-order chi connectivity index (χ1) is 9.82. The second-order valence-corrected chi connectivity index (χ2v) is 6.76. The molecule has 0 spiro atoms. The molecule has 0 unspecified atom stereocenters. The van der Waals surface area contributed by atoms with Gasteiger partial charge >= 0.3 is 5.97 Å². The van der Waals surface area contributed by atoms with E-state index in [1.807, 2.05) is 0 Å². The fourth-order valence-corrected chi connectivity index (χ4v) is 2.93. The van der Waals surface area contributed by atoms with E-state index in [0.29, 0.717) is 21.9 Å². The third-order valence-corrected chi connectivity index (χ3v) is 4.32. The van der Waals surface area contributed by atoms with Gasteiger partial charge in [0.2, 0.25) is 0 Å². The van der Waals surface area contributed by atoms with Crippen molar-refractivity contribution < 1.29 is 14.3 Å². The number of halogens is 1. The first-order valence-electron chi connectivity index (χ1n) is 7.16. The molecule has 1 aromatic carbocycles. The Hall–Kier alpha value is -1.42. The quantitative estimate of drug-likeness (QED) is 0.675. The molecule has 0 amide bonds. The molecule has 0 heterocycles. The van der Waals surface area contributed by atoms with Crippen LogP contribution in [-0.2, 0) is 4.74 Å². The molecule has 0 saturated heterocycles. The number of rotatable bonds is 3. The van der Waals surface area contributed by atoms with E-state index in [9.17, 15) is 4.79 Å². The molecule has 2 N–H and O–H groups in total. The average Bonchev–Trinajstić information content (AvgIpc) is 2.42. The van der Waals surface area contributed by atoms with E-state index < -0.39 is 5.97 Å². The van der Waals surface area contributed by atoms with Gasteiger partial charge in [-0.25, -0.2) is 4.79 Å². The van der Waals surface area contributed by atoms with Gasteiger partial charge < -0.3 is 15.2 Å².